The number of urea groups is 1. The number of nitrogens with zero attached hydrogens (tertiary/aromatic N) is 2. The lowest BCUT2D eigenvalue weighted by molar-refractivity contribution is -0.125. The van der Waals surface area contributed by atoms with E-state index in [2.05, 4.69) is 25.8 Å². The highest BCUT2D eigenvalue weighted by molar-refractivity contribution is 6.07. The van der Waals surface area contributed by atoms with Crippen molar-refractivity contribution < 1.29 is 19.1 Å². The van der Waals surface area contributed by atoms with Gasteiger partial charge in [0, 0.05) is 25.3 Å². The number of rotatable bonds is 3. The molecule has 4 amide bonds. The molecule has 0 unspecified atom stereocenters. The van der Waals surface area contributed by atoms with Gasteiger partial charge in [-0.3, -0.25) is 14.9 Å². The van der Waals surface area contributed by atoms with Crippen LogP contribution in [0.2, 0.25) is 0 Å². The first-order valence-electron chi connectivity index (χ1n) is 9.30. The molecular weight excluding hydrogens is 350 g/mol. The van der Waals surface area contributed by atoms with Crippen LogP contribution in [0.25, 0.3) is 0 Å². The van der Waals surface area contributed by atoms with Gasteiger partial charge in [-0.15, -0.1) is 0 Å². The molecule has 27 heavy (non-hydrogen) atoms. The summed E-state index contributed by atoms with van der Waals surface area (Å²) < 4.78 is 5.37. The monoisotopic (exact) mass is 373 g/mol. The molecule has 0 atom stereocenters. The summed E-state index contributed by atoms with van der Waals surface area (Å²) in [5, 5.41) is 8.10. The van der Waals surface area contributed by atoms with Crippen molar-refractivity contribution >= 4 is 23.7 Å². The molecule has 1 aromatic heterocycles. The molecule has 3 N–H and O–H groups in total. The van der Waals surface area contributed by atoms with Crippen molar-refractivity contribution in [2.75, 3.05) is 31.2 Å². The summed E-state index contributed by atoms with van der Waals surface area (Å²) in [7, 11) is 0. The van der Waals surface area contributed by atoms with Crippen molar-refractivity contribution in [3.8, 4) is 0 Å². The van der Waals surface area contributed by atoms with Crippen LogP contribution < -0.4 is 20.9 Å². The smallest absolute Gasteiger partial charge is 0.322 e. The molecule has 0 radical (unpaired) electrons. The number of nitrogens with one attached hydrogen (secondary N) is 3. The van der Waals surface area contributed by atoms with Crippen molar-refractivity contribution in [2.45, 2.75) is 37.3 Å². The maximum Gasteiger partial charge on any atom is 0.322 e. The van der Waals surface area contributed by atoms with E-state index in [1.807, 2.05) is 0 Å². The average Bonchev–Trinajstić information content (AvgIpc) is 2.97. The Kier molecular flexibility index (Phi) is 4.69. The second-order valence-electron chi connectivity index (χ2n) is 7.21. The van der Waals surface area contributed by atoms with Gasteiger partial charge >= 0.3 is 6.03 Å². The van der Waals surface area contributed by atoms with Crippen LogP contribution in [-0.2, 0) is 9.53 Å². The number of pyridine rings is 1. The van der Waals surface area contributed by atoms with Gasteiger partial charge in [0.25, 0.3) is 11.8 Å². The van der Waals surface area contributed by atoms with Crippen molar-refractivity contribution in [3.63, 3.8) is 0 Å². The molecule has 1 spiro atoms. The first-order valence-corrected chi connectivity index (χ1v) is 9.30. The van der Waals surface area contributed by atoms with Crippen LogP contribution in [0.1, 0.15) is 36.0 Å². The predicted octanol–water partition coefficient (Wildman–Crippen LogP) is 0.169. The molecule has 9 heteroatoms. The molecule has 1 aromatic rings. The van der Waals surface area contributed by atoms with E-state index in [1.165, 1.54) is 0 Å². The Bertz CT molecular complexity index is 754. The molecule has 1 aliphatic carbocycles. The van der Waals surface area contributed by atoms with Gasteiger partial charge in [0.2, 0.25) is 0 Å². The number of hydrogen-bond donors (Lipinski definition) is 3. The highest BCUT2D eigenvalue weighted by atomic mass is 16.5. The lowest BCUT2D eigenvalue weighted by Gasteiger charge is -2.35. The van der Waals surface area contributed by atoms with Gasteiger partial charge in [0.15, 0.2) is 0 Å². The number of ether oxygens (including phenoxy) is 1. The van der Waals surface area contributed by atoms with Gasteiger partial charge in [-0.05, 0) is 37.8 Å². The molecule has 3 heterocycles. The number of amides is 4. The fourth-order valence-corrected chi connectivity index (χ4v) is 4.00. The number of anilines is 1. The number of carbonyl (C=O) groups is 3. The summed E-state index contributed by atoms with van der Waals surface area (Å²) in [5.74, 6) is 0.248. The number of morpholine rings is 1. The Morgan fingerprint density at radius 2 is 2.00 bits per heavy atom. The largest absolute Gasteiger partial charge is 0.378 e. The fourth-order valence-electron chi connectivity index (χ4n) is 4.00. The predicted molar refractivity (Wildman–Crippen MR) is 96.4 cm³/mol. The van der Waals surface area contributed by atoms with Gasteiger partial charge in [0.05, 0.1) is 18.8 Å². The summed E-state index contributed by atoms with van der Waals surface area (Å²) in [6, 6.07) is 3.06. The maximum absolute atomic E-state index is 12.8. The Morgan fingerprint density at radius 3 is 2.67 bits per heavy atom. The normalized spacial score (nSPS) is 28.0. The van der Waals surface area contributed by atoms with Crippen molar-refractivity contribution in [1.82, 2.24) is 20.9 Å². The van der Waals surface area contributed by atoms with Crippen LogP contribution in [-0.4, -0.2) is 60.7 Å². The highest BCUT2D eigenvalue weighted by Crippen LogP contribution is 2.31. The van der Waals surface area contributed by atoms with Crippen molar-refractivity contribution in [2.24, 2.45) is 0 Å². The minimum atomic E-state index is -0.814. The van der Waals surface area contributed by atoms with E-state index in [0.717, 1.165) is 0 Å². The third-order valence-electron chi connectivity index (χ3n) is 5.53. The molecule has 3 aliphatic rings. The van der Waals surface area contributed by atoms with Crippen molar-refractivity contribution in [3.05, 3.63) is 23.9 Å². The number of aromatic nitrogens is 1. The average molecular weight is 373 g/mol. The second kappa shape index (κ2) is 7.15. The minimum Gasteiger partial charge on any atom is -0.378 e. The second-order valence-corrected chi connectivity index (χ2v) is 7.21. The molecule has 2 saturated heterocycles. The van der Waals surface area contributed by atoms with Crippen LogP contribution in [0.4, 0.5) is 10.6 Å². The number of hydrogen-bond acceptors (Lipinski definition) is 6. The Labute approximate surface area is 156 Å². The summed E-state index contributed by atoms with van der Waals surface area (Å²) in [4.78, 5) is 42.8. The Balaban J connectivity index is 1.40. The topological polar surface area (TPSA) is 113 Å². The number of imide groups is 1. The zero-order chi connectivity index (χ0) is 18.9. The molecule has 0 bridgehead atoms. The molecule has 144 valence electrons. The molecule has 2 aliphatic heterocycles. The quantitative estimate of drug-likeness (QED) is 0.651. The molecule has 1 saturated carbocycles. The van der Waals surface area contributed by atoms with Gasteiger partial charge in [0.1, 0.15) is 11.4 Å². The lowest BCUT2D eigenvalue weighted by atomic mass is 9.79. The summed E-state index contributed by atoms with van der Waals surface area (Å²) in [6.07, 6.45) is 3.98. The molecular formula is C18H23N5O4. The summed E-state index contributed by atoms with van der Waals surface area (Å²) in [5.41, 5.74) is -0.266. The Morgan fingerprint density at radius 1 is 1.26 bits per heavy atom. The third kappa shape index (κ3) is 3.46. The third-order valence-corrected chi connectivity index (χ3v) is 5.53. The minimum absolute atomic E-state index is 0.0360. The standard InChI is InChI=1S/C18H23N5O4/c24-15(13-2-1-7-19-14(13)23-8-10-27-11-9-23)20-12-3-5-18(6-4-12)16(25)21-17(26)22-18/h1-2,7,12H,3-6,8-11H2,(H,20,24)(H2,21,22,25,26). The van der Waals surface area contributed by atoms with Crippen molar-refractivity contribution in [1.29, 1.82) is 0 Å². The van der Waals surface area contributed by atoms with E-state index in [9.17, 15) is 14.4 Å². The first kappa shape index (κ1) is 17.7. The van der Waals surface area contributed by atoms with E-state index in [1.54, 1.807) is 18.3 Å². The van der Waals surface area contributed by atoms with Crippen LogP contribution in [0, 0.1) is 0 Å². The lowest BCUT2D eigenvalue weighted by Crippen LogP contribution is -2.52. The van der Waals surface area contributed by atoms with Crippen LogP contribution in [0.5, 0.6) is 0 Å². The molecule has 0 aromatic carbocycles. The van der Waals surface area contributed by atoms with Gasteiger partial charge in [-0.25, -0.2) is 9.78 Å². The van der Waals surface area contributed by atoms with Gasteiger partial charge in [-0.2, -0.15) is 0 Å². The first-order chi connectivity index (χ1) is 13.1. The molecule has 3 fully saturated rings. The fraction of sp³-hybridized carbons (Fsp3) is 0.556. The zero-order valence-electron chi connectivity index (χ0n) is 15.0. The summed E-state index contributed by atoms with van der Waals surface area (Å²) >= 11 is 0. The van der Waals surface area contributed by atoms with Gasteiger partial charge in [-0.1, -0.05) is 0 Å². The SMILES string of the molecule is O=C1NC(=O)C2(CCC(NC(=O)c3cccnc3N3CCOCC3)CC2)N1. The maximum atomic E-state index is 12.8. The van der Waals surface area contributed by atoms with E-state index in [4.69, 9.17) is 4.74 Å². The molecule has 9 nitrogen and oxygen atoms in total. The highest BCUT2D eigenvalue weighted by Gasteiger charge is 2.48. The van der Waals surface area contributed by atoms with Gasteiger partial charge < -0.3 is 20.3 Å². The van der Waals surface area contributed by atoms with Crippen LogP contribution in [0.3, 0.4) is 0 Å². The van der Waals surface area contributed by atoms with Crippen LogP contribution in [0.15, 0.2) is 18.3 Å². The summed E-state index contributed by atoms with van der Waals surface area (Å²) in [6.45, 7) is 2.66. The van der Waals surface area contributed by atoms with E-state index < -0.39 is 11.6 Å². The zero-order valence-corrected chi connectivity index (χ0v) is 15.0. The van der Waals surface area contributed by atoms with E-state index in [0.29, 0.717) is 63.4 Å². The van der Waals surface area contributed by atoms with E-state index in [-0.39, 0.29) is 17.9 Å². The Hall–Kier alpha value is -2.68. The van der Waals surface area contributed by atoms with E-state index >= 15 is 0 Å². The number of carbonyl (C=O) groups excluding carboxylic acids is 3. The van der Waals surface area contributed by atoms with Crippen LogP contribution >= 0.6 is 0 Å². The molecule has 4 rings (SSSR count).